The van der Waals surface area contributed by atoms with Crippen LogP contribution in [0, 0.1) is 13.8 Å². The molecule has 9 heteroatoms. The molecule has 9 nitrogen and oxygen atoms in total. The van der Waals surface area contributed by atoms with Gasteiger partial charge in [0.2, 0.25) is 17.7 Å². The number of hydrogen-bond acceptors (Lipinski definition) is 8. The molecule has 0 spiro atoms. The Labute approximate surface area is 286 Å². The molecule has 0 atom stereocenters. The Morgan fingerprint density at radius 3 is 1.51 bits per heavy atom. The molecule has 0 aliphatic heterocycles. The van der Waals surface area contributed by atoms with Gasteiger partial charge in [-0.05, 0) is 80.0 Å². The zero-order valence-electron chi connectivity index (χ0n) is 29.1. The normalized spacial score (nSPS) is 12.2. The number of fused-ring (bicyclic) bond motifs is 3. The zero-order valence-corrected chi connectivity index (χ0v) is 26.1. The van der Waals surface area contributed by atoms with E-state index >= 15 is 0 Å². The highest BCUT2D eigenvalue weighted by atomic mass is 16.5. The van der Waals surface area contributed by atoms with E-state index in [2.05, 4.69) is 19.9 Å². The Bertz CT molecular complexity index is 2400. The fraction of sp³-hybridized carbons (Fsp3) is 0.0500. The van der Waals surface area contributed by atoms with Crippen molar-refractivity contribution in [2.75, 3.05) is 0 Å². The number of benzene rings is 4. The lowest BCUT2D eigenvalue weighted by Crippen LogP contribution is -2.03. The van der Waals surface area contributed by atoms with Crippen LogP contribution in [0.2, 0.25) is 0 Å². The first-order chi connectivity index (χ1) is 25.3. The summed E-state index contributed by atoms with van der Waals surface area (Å²) in [6, 6.07) is 37.0. The number of nitrogens with zero attached hydrogens (tertiary/aromatic N) is 5. The van der Waals surface area contributed by atoms with Gasteiger partial charge in [-0.15, -0.1) is 0 Å². The number of aryl methyl sites for hydroxylation is 2. The van der Waals surface area contributed by atoms with E-state index in [1.807, 2.05) is 102 Å². The van der Waals surface area contributed by atoms with Crippen LogP contribution in [0.3, 0.4) is 0 Å². The smallest absolute Gasteiger partial charge is 0.234 e. The monoisotopic (exact) mass is 646 g/mol. The molecular formula is C40H29N5O4. The van der Waals surface area contributed by atoms with Crippen molar-refractivity contribution >= 4 is 21.8 Å². The highest BCUT2D eigenvalue weighted by Gasteiger charge is 2.17. The molecule has 8 aromatic rings. The molecule has 0 saturated heterocycles. The van der Waals surface area contributed by atoms with Gasteiger partial charge in [0.25, 0.3) is 0 Å². The van der Waals surface area contributed by atoms with Crippen LogP contribution in [0.25, 0.3) is 27.8 Å². The van der Waals surface area contributed by atoms with E-state index in [0.717, 1.165) is 21.8 Å². The summed E-state index contributed by atoms with van der Waals surface area (Å²) in [4.78, 5) is 17.7. The maximum Gasteiger partial charge on any atom is 0.234 e. The zero-order chi connectivity index (χ0) is 35.7. The van der Waals surface area contributed by atoms with Crippen LogP contribution in [0.5, 0.6) is 46.3 Å². The third-order valence-corrected chi connectivity index (χ3v) is 7.68. The maximum absolute atomic E-state index is 7.94. The van der Waals surface area contributed by atoms with Gasteiger partial charge in [-0.3, -0.25) is 4.57 Å². The topological polar surface area (TPSA) is 93.4 Å². The number of aromatic nitrogens is 5. The van der Waals surface area contributed by atoms with Gasteiger partial charge in [0.05, 0.1) is 11.0 Å². The summed E-state index contributed by atoms with van der Waals surface area (Å²) in [6.07, 6.45) is 4.69. The highest BCUT2D eigenvalue weighted by molar-refractivity contribution is 6.09. The Balaban J connectivity index is 1.18. The van der Waals surface area contributed by atoms with E-state index < -0.39 is 6.85 Å². The molecule has 0 N–H and O–H groups in total. The van der Waals surface area contributed by atoms with E-state index in [4.69, 9.17) is 23.1 Å². The lowest BCUT2D eigenvalue weighted by molar-refractivity contribution is 0.448. The molecule has 0 amide bonds. The summed E-state index contributed by atoms with van der Waals surface area (Å²) in [5.74, 6) is 4.64. The molecule has 8 rings (SSSR count). The SMILES string of the molecule is [2H]C([2H])([2H])c1cnc(-n2c3cc(Oc4cccc(Oc5ccccn5)c4)ccc3c3ccc(Oc4cccc(Oc5ccccn5)c4)cc32)nc1C. The van der Waals surface area contributed by atoms with Crippen molar-refractivity contribution in [2.45, 2.75) is 13.8 Å². The predicted molar refractivity (Wildman–Crippen MR) is 187 cm³/mol. The van der Waals surface area contributed by atoms with Crippen LogP contribution in [-0.2, 0) is 0 Å². The van der Waals surface area contributed by atoms with Crippen LogP contribution in [-0.4, -0.2) is 24.5 Å². The first-order valence-corrected chi connectivity index (χ1v) is 15.4. The van der Waals surface area contributed by atoms with Gasteiger partial charge < -0.3 is 18.9 Å². The minimum Gasteiger partial charge on any atom is -0.457 e. The lowest BCUT2D eigenvalue weighted by Gasteiger charge is -2.11. The Morgan fingerprint density at radius 1 is 0.531 bits per heavy atom. The fourth-order valence-corrected chi connectivity index (χ4v) is 5.41. The van der Waals surface area contributed by atoms with Crippen molar-refractivity contribution in [1.82, 2.24) is 24.5 Å². The molecule has 0 unspecified atom stereocenters. The standard InChI is InChI=1S/C40H29N5O4/c1-26-25-43-40(44-27(26)2)45-36-23-32(46-28-9-7-11-30(21-28)48-38-13-3-5-19-41-38)15-17-34(36)35-18-16-33(24-37(35)45)47-29-10-8-12-31(22-29)49-39-14-4-6-20-42-39/h3-25H,1-2H3/i1D3. The molecule has 0 saturated carbocycles. The Morgan fingerprint density at radius 2 is 1.04 bits per heavy atom. The van der Waals surface area contributed by atoms with E-state index in [1.165, 1.54) is 6.20 Å². The molecular weight excluding hydrogens is 614 g/mol. The van der Waals surface area contributed by atoms with Gasteiger partial charge in [0.1, 0.15) is 34.5 Å². The van der Waals surface area contributed by atoms with Crippen molar-refractivity contribution in [3.05, 3.63) is 151 Å². The molecule has 0 bridgehead atoms. The minimum atomic E-state index is -2.35. The second kappa shape index (κ2) is 12.8. The van der Waals surface area contributed by atoms with Crippen molar-refractivity contribution in [3.63, 3.8) is 0 Å². The third-order valence-electron chi connectivity index (χ3n) is 7.68. The van der Waals surface area contributed by atoms with E-state index in [-0.39, 0.29) is 5.56 Å². The number of ether oxygens (including phenoxy) is 4. The van der Waals surface area contributed by atoms with Crippen molar-refractivity contribution in [1.29, 1.82) is 0 Å². The van der Waals surface area contributed by atoms with E-state index in [1.54, 1.807) is 43.6 Å². The van der Waals surface area contributed by atoms with Crippen LogP contribution >= 0.6 is 0 Å². The van der Waals surface area contributed by atoms with Gasteiger partial charge in [-0.1, -0.05) is 24.3 Å². The second-order valence-electron chi connectivity index (χ2n) is 11.1. The largest absolute Gasteiger partial charge is 0.457 e. The Hall–Kier alpha value is -6.74. The molecule has 49 heavy (non-hydrogen) atoms. The highest BCUT2D eigenvalue weighted by Crippen LogP contribution is 2.38. The van der Waals surface area contributed by atoms with Gasteiger partial charge >= 0.3 is 0 Å². The molecule has 4 heterocycles. The molecule has 4 aromatic heterocycles. The number of pyridine rings is 2. The summed E-state index contributed by atoms with van der Waals surface area (Å²) >= 11 is 0. The average molecular weight is 647 g/mol. The van der Waals surface area contributed by atoms with E-state index in [9.17, 15) is 0 Å². The molecule has 0 radical (unpaired) electrons. The van der Waals surface area contributed by atoms with Crippen molar-refractivity contribution in [2.24, 2.45) is 0 Å². The maximum atomic E-state index is 7.94. The minimum absolute atomic E-state index is 0.0886. The molecule has 0 aliphatic carbocycles. The summed E-state index contributed by atoms with van der Waals surface area (Å²) in [5.41, 5.74) is 1.94. The van der Waals surface area contributed by atoms with E-state index in [0.29, 0.717) is 57.9 Å². The molecule has 0 fully saturated rings. The number of hydrogen-bond donors (Lipinski definition) is 0. The summed E-state index contributed by atoms with van der Waals surface area (Å²) in [6.45, 7) is -0.682. The van der Waals surface area contributed by atoms with Gasteiger partial charge in [-0.25, -0.2) is 19.9 Å². The van der Waals surface area contributed by atoms with Crippen LogP contribution < -0.4 is 18.9 Å². The van der Waals surface area contributed by atoms with Gasteiger partial charge in [0.15, 0.2) is 0 Å². The van der Waals surface area contributed by atoms with Crippen LogP contribution in [0.15, 0.2) is 140 Å². The summed E-state index contributed by atoms with van der Waals surface area (Å²) in [5, 5.41) is 1.82. The first-order valence-electron chi connectivity index (χ1n) is 16.9. The first kappa shape index (κ1) is 26.3. The van der Waals surface area contributed by atoms with Crippen LogP contribution in [0.1, 0.15) is 15.4 Å². The average Bonchev–Trinajstić information content (AvgIpc) is 3.45. The number of rotatable bonds is 9. The lowest BCUT2D eigenvalue weighted by atomic mass is 10.1. The van der Waals surface area contributed by atoms with Gasteiger partial charge in [0, 0.05) is 75.6 Å². The predicted octanol–water partition coefficient (Wildman–Crippen LogP) is 10.1. The van der Waals surface area contributed by atoms with Gasteiger partial charge in [-0.2, -0.15) is 0 Å². The van der Waals surface area contributed by atoms with Crippen LogP contribution in [0.4, 0.5) is 0 Å². The summed E-state index contributed by atoms with van der Waals surface area (Å²) < 4.78 is 50.1. The summed E-state index contributed by atoms with van der Waals surface area (Å²) in [7, 11) is 0. The Kier molecular flexibility index (Phi) is 6.89. The van der Waals surface area contributed by atoms with Crippen molar-refractivity contribution in [3.8, 4) is 52.2 Å². The second-order valence-corrected chi connectivity index (χ2v) is 11.1. The molecule has 0 aliphatic rings. The quantitative estimate of drug-likeness (QED) is 0.153. The third kappa shape index (κ3) is 6.33. The molecule has 4 aromatic carbocycles. The fourth-order valence-electron chi connectivity index (χ4n) is 5.41. The molecule has 238 valence electrons. The van der Waals surface area contributed by atoms with Crippen molar-refractivity contribution < 1.29 is 23.1 Å².